The highest BCUT2D eigenvalue weighted by Crippen LogP contribution is 2.38. The van der Waals surface area contributed by atoms with Gasteiger partial charge in [-0.05, 0) is 48.6 Å². The normalized spacial score (nSPS) is 12.9. The monoisotopic (exact) mass is 359 g/mol. The van der Waals surface area contributed by atoms with Crippen molar-refractivity contribution in [2.45, 2.75) is 32.6 Å². The van der Waals surface area contributed by atoms with E-state index < -0.39 is 0 Å². The van der Waals surface area contributed by atoms with Crippen LogP contribution in [0.3, 0.4) is 0 Å². The van der Waals surface area contributed by atoms with E-state index in [0.29, 0.717) is 11.5 Å². The van der Waals surface area contributed by atoms with Crippen molar-refractivity contribution in [3.63, 3.8) is 0 Å². The molecule has 1 aliphatic rings. The zero-order chi connectivity index (χ0) is 18.6. The SMILES string of the molecule is CCCCc1ccc(Nc2ncnc(N3CCc4ccccc43)c2N)cc1. The zero-order valence-corrected chi connectivity index (χ0v) is 15.7. The van der Waals surface area contributed by atoms with Gasteiger partial charge < -0.3 is 16.0 Å². The number of aryl methyl sites for hydroxylation is 1. The number of para-hydroxylation sites is 1. The van der Waals surface area contributed by atoms with Gasteiger partial charge >= 0.3 is 0 Å². The van der Waals surface area contributed by atoms with Crippen LogP contribution in [-0.4, -0.2) is 16.5 Å². The summed E-state index contributed by atoms with van der Waals surface area (Å²) in [4.78, 5) is 11.0. The highest BCUT2D eigenvalue weighted by molar-refractivity contribution is 5.83. The second-order valence-electron chi connectivity index (χ2n) is 6.92. The van der Waals surface area contributed by atoms with Crippen LogP contribution < -0.4 is 16.0 Å². The molecule has 2 aromatic carbocycles. The molecule has 27 heavy (non-hydrogen) atoms. The number of nitrogens with zero attached hydrogens (tertiary/aromatic N) is 3. The molecular formula is C22H25N5. The molecule has 0 radical (unpaired) electrons. The maximum Gasteiger partial charge on any atom is 0.161 e. The predicted molar refractivity (Wildman–Crippen MR) is 112 cm³/mol. The number of fused-ring (bicyclic) bond motifs is 1. The minimum Gasteiger partial charge on any atom is -0.393 e. The van der Waals surface area contributed by atoms with Crippen molar-refractivity contribution in [2.24, 2.45) is 0 Å². The third-order valence-corrected chi connectivity index (χ3v) is 5.04. The molecule has 5 heteroatoms. The van der Waals surface area contributed by atoms with E-state index in [2.05, 4.69) is 69.6 Å². The third-order valence-electron chi connectivity index (χ3n) is 5.04. The summed E-state index contributed by atoms with van der Waals surface area (Å²) in [6.07, 6.45) is 6.11. The third kappa shape index (κ3) is 3.58. The molecule has 2 heterocycles. The average Bonchev–Trinajstić information content (AvgIpc) is 3.13. The highest BCUT2D eigenvalue weighted by atomic mass is 15.2. The Labute approximate surface area is 160 Å². The number of benzene rings is 2. The summed E-state index contributed by atoms with van der Waals surface area (Å²) in [5.41, 5.74) is 11.8. The lowest BCUT2D eigenvalue weighted by Gasteiger charge is -2.21. The van der Waals surface area contributed by atoms with Gasteiger partial charge in [0.15, 0.2) is 11.6 Å². The summed E-state index contributed by atoms with van der Waals surface area (Å²) in [6.45, 7) is 3.09. The molecule has 1 aromatic heterocycles. The first-order valence-electron chi connectivity index (χ1n) is 9.58. The molecule has 0 spiro atoms. The molecule has 0 fully saturated rings. The van der Waals surface area contributed by atoms with E-state index >= 15 is 0 Å². The quantitative estimate of drug-likeness (QED) is 0.659. The van der Waals surface area contributed by atoms with Crippen LogP contribution in [0, 0.1) is 0 Å². The van der Waals surface area contributed by atoms with Crippen molar-refractivity contribution >= 4 is 28.7 Å². The van der Waals surface area contributed by atoms with Gasteiger partial charge in [0.25, 0.3) is 0 Å². The Bertz CT molecular complexity index is 920. The molecule has 5 nitrogen and oxygen atoms in total. The molecule has 0 saturated carbocycles. The predicted octanol–water partition coefficient (Wildman–Crippen LogP) is 4.84. The van der Waals surface area contributed by atoms with Crippen LogP contribution in [0.5, 0.6) is 0 Å². The molecule has 0 amide bonds. The van der Waals surface area contributed by atoms with Crippen molar-refractivity contribution in [1.82, 2.24) is 9.97 Å². The van der Waals surface area contributed by atoms with Gasteiger partial charge in [0.1, 0.15) is 12.0 Å². The Morgan fingerprint density at radius 2 is 1.89 bits per heavy atom. The fraction of sp³-hybridized carbons (Fsp3) is 0.273. The molecule has 0 bridgehead atoms. The molecular weight excluding hydrogens is 334 g/mol. The van der Waals surface area contributed by atoms with E-state index in [4.69, 9.17) is 5.73 Å². The fourth-order valence-corrected chi connectivity index (χ4v) is 3.53. The molecule has 0 atom stereocenters. The number of aromatic nitrogens is 2. The number of rotatable bonds is 6. The summed E-state index contributed by atoms with van der Waals surface area (Å²) in [5, 5.41) is 3.34. The Balaban J connectivity index is 1.56. The van der Waals surface area contributed by atoms with Crippen molar-refractivity contribution in [3.05, 3.63) is 66.0 Å². The van der Waals surface area contributed by atoms with E-state index in [1.54, 1.807) is 6.33 Å². The highest BCUT2D eigenvalue weighted by Gasteiger charge is 2.23. The summed E-state index contributed by atoms with van der Waals surface area (Å²) in [6, 6.07) is 16.9. The van der Waals surface area contributed by atoms with Crippen LogP contribution in [0.1, 0.15) is 30.9 Å². The molecule has 4 rings (SSSR count). The van der Waals surface area contributed by atoms with Crippen LogP contribution in [-0.2, 0) is 12.8 Å². The lowest BCUT2D eigenvalue weighted by molar-refractivity contribution is 0.795. The minimum absolute atomic E-state index is 0.573. The van der Waals surface area contributed by atoms with Crippen LogP contribution in [0.4, 0.5) is 28.7 Å². The number of anilines is 5. The largest absolute Gasteiger partial charge is 0.393 e. The van der Waals surface area contributed by atoms with Crippen LogP contribution in [0.25, 0.3) is 0 Å². The summed E-state index contributed by atoms with van der Waals surface area (Å²) in [7, 11) is 0. The van der Waals surface area contributed by atoms with Crippen molar-refractivity contribution in [1.29, 1.82) is 0 Å². The Morgan fingerprint density at radius 1 is 1.07 bits per heavy atom. The van der Waals surface area contributed by atoms with Crippen LogP contribution in [0.2, 0.25) is 0 Å². The summed E-state index contributed by atoms with van der Waals surface area (Å²) < 4.78 is 0. The summed E-state index contributed by atoms with van der Waals surface area (Å²) in [5.74, 6) is 1.41. The van der Waals surface area contributed by atoms with Gasteiger partial charge in [-0.1, -0.05) is 43.7 Å². The van der Waals surface area contributed by atoms with Crippen molar-refractivity contribution < 1.29 is 0 Å². The van der Waals surface area contributed by atoms with Gasteiger partial charge in [-0.3, -0.25) is 0 Å². The Hall–Kier alpha value is -3.08. The Kier molecular flexibility index (Phi) is 4.92. The molecule has 3 N–H and O–H groups in total. The molecule has 138 valence electrons. The van der Waals surface area contributed by atoms with Crippen LogP contribution in [0.15, 0.2) is 54.9 Å². The summed E-state index contributed by atoms with van der Waals surface area (Å²) >= 11 is 0. The zero-order valence-electron chi connectivity index (χ0n) is 15.7. The fourth-order valence-electron chi connectivity index (χ4n) is 3.53. The number of hydrogen-bond acceptors (Lipinski definition) is 5. The van der Waals surface area contributed by atoms with E-state index in [-0.39, 0.29) is 0 Å². The first-order chi connectivity index (χ1) is 13.3. The van der Waals surface area contributed by atoms with Crippen molar-refractivity contribution in [2.75, 3.05) is 22.5 Å². The maximum absolute atomic E-state index is 6.43. The second-order valence-corrected chi connectivity index (χ2v) is 6.92. The number of unbranched alkanes of at least 4 members (excludes halogenated alkanes) is 1. The molecule has 0 unspecified atom stereocenters. The minimum atomic E-state index is 0.573. The number of nitrogens with two attached hydrogens (primary N) is 1. The van der Waals surface area contributed by atoms with E-state index in [1.807, 2.05) is 6.07 Å². The van der Waals surface area contributed by atoms with E-state index in [0.717, 1.165) is 30.9 Å². The smallest absolute Gasteiger partial charge is 0.161 e. The number of hydrogen-bond donors (Lipinski definition) is 2. The van der Waals surface area contributed by atoms with Crippen molar-refractivity contribution in [3.8, 4) is 0 Å². The Morgan fingerprint density at radius 3 is 2.70 bits per heavy atom. The van der Waals surface area contributed by atoms with Gasteiger partial charge in [-0.25, -0.2) is 9.97 Å². The van der Waals surface area contributed by atoms with Gasteiger partial charge in [0.05, 0.1) is 0 Å². The number of nitrogen functional groups attached to an aromatic ring is 1. The standard InChI is InChI=1S/C22H25N5/c1-2-3-6-16-9-11-18(12-10-16)26-21-20(23)22(25-15-24-21)27-14-13-17-7-4-5-8-19(17)27/h4-5,7-12,15H,2-3,6,13-14,23H2,1H3,(H,24,25,26). The number of nitrogens with one attached hydrogen (secondary N) is 1. The average molecular weight is 359 g/mol. The first-order valence-corrected chi connectivity index (χ1v) is 9.58. The van der Waals surface area contributed by atoms with Crippen LogP contribution >= 0.6 is 0 Å². The molecule has 1 aliphatic heterocycles. The van der Waals surface area contributed by atoms with Gasteiger partial charge in [0.2, 0.25) is 0 Å². The molecule has 3 aromatic rings. The van der Waals surface area contributed by atoms with E-state index in [9.17, 15) is 0 Å². The second kappa shape index (κ2) is 7.66. The topological polar surface area (TPSA) is 67.1 Å². The van der Waals surface area contributed by atoms with Gasteiger partial charge in [-0.15, -0.1) is 0 Å². The lowest BCUT2D eigenvalue weighted by atomic mass is 10.1. The molecule has 0 aliphatic carbocycles. The van der Waals surface area contributed by atoms with Gasteiger partial charge in [-0.2, -0.15) is 0 Å². The van der Waals surface area contributed by atoms with E-state index in [1.165, 1.54) is 29.7 Å². The van der Waals surface area contributed by atoms with Gasteiger partial charge in [0, 0.05) is 17.9 Å². The lowest BCUT2D eigenvalue weighted by Crippen LogP contribution is -2.17. The molecule has 0 saturated heterocycles. The maximum atomic E-state index is 6.43. The first kappa shape index (κ1) is 17.3.